The number of rotatable bonds is 4. The highest BCUT2D eigenvalue weighted by Crippen LogP contribution is 2.24. The van der Waals surface area contributed by atoms with E-state index in [-0.39, 0.29) is 12.2 Å². The molecule has 0 N–H and O–H groups in total. The summed E-state index contributed by atoms with van der Waals surface area (Å²) in [6.07, 6.45) is 0.393. The van der Waals surface area contributed by atoms with Gasteiger partial charge in [0.25, 0.3) is 5.69 Å². The Hall–Kier alpha value is -2.09. The average molecular weight is 206 g/mol. The molecule has 0 fully saturated rings. The van der Waals surface area contributed by atoms with Crippen molar-refractivity contribution in [3.8, 4) is 5.75 Å². The molecule has 1 aromatic rings. The summed E-state index contributed by atoms with van der Waals surface area (Å²) in [6, 6.07) is 4.66. The highest BCUT2D eigenvalue weighted by molar-refractivity contribution is 5.46. The van der Waals surface area contributed by atoms with Gasteiger partial charge in [-0.25, -0.2) is 6.57 Å². The molecule has 5 nitrogen and oxygen atoms in total. The van der Waals surface area contributed by atoms with E-state index in [2.05, 4.69) is 4.85 Å². The second kappa shape index (κ2) is 4.96. The minimum atomic E-state index is -0.457. The van der Waals surface area contributed by atoms with Gasteiger partial charge in [0.2, 0.25) is 6.54 Å². The van der Waals surface area contributed by atoms with Crippen LogP contribution in [0.15, 0.2) is 18.2 Å². The predicted octanol–water partition coefficient (Wildman–Crippen LogP) is 2.07. The Labute approximate surface area is 87.3 Å². The first-order chi connectivity index (χ1) is 7.19. The maximum atomic E-state index is 10.7. The first-order valence-corrected chi connectivity index (χ1v) is 4.33. The van der Waals surface area contributed by atoms with E-state index in [1.807, 2.05) is 0 Å². The van der Waals surface area contributed by atoms with Gasteiger partial charge in [-0.05, 0) is 12.1 Å². The summed E-state index contributed by atoms with van der Waals surface area (Å²) < 4.78 is 4.90. The van der Waals surface area contributed by atoms with E-state index in [0.29, 0.717) is 17.7 Å². The topological polar surface area (TPSA) is 56.7 Å². The third kappa shape index (κ3) is 2.68. The lowest BCUT2D eigenvalue weighted by Crippen LogP contribution is -1.97. The van der Waals surface area contributed by atoms with E-state index in [9.17, 15) is 10.1 Å². The molecule has 78 valence electrons. The zero-order chi connectivity index (χ0) is 11.3. The third-order valence-corrected chi connectivity index (χ3v) is 1.98. The number of nitro benzene ring substituents is 1. The molecule has 15 heavy (non-hydrogen) atoms. The SMILES string of the molecule is [C-]#[N+]CCc1ccc(OC)cc1[N+](=O)[O-]. The molecule has 0 aliphatic rings. The maximum absolute atomic E-state index is 10.7. The second-order valence-corrected chi connectivity index (χ2v) is 2.88. The lowest BCUT2D eigenvalue weighted by Gasteiger charge is -2.02. The van der Waals surface area contributed by atoms with Crippen LogP contribution in [-0.2, 0) is 6.42 Å². The van der Waals surface area contributed by atoms with Crippen molar-refractivity contribution in [3.63, 3.8) is 0 Å². The van der Waals surface area contributed by atoms with Crippen LogP contribution in [0.2, 0.25) is 0 Å². The Kier molecular flexibility index (Phi) is 3.63. The molecule has 0 aliphatic carbocycles. The Morgan fingerprint density at radius 3 is 2.87 bits per heavy atom. The standard InChI is InChI=1S/C10H10N2O3/c1-11-6-5-8-3-4-9(15-2)7-10(8)12(13)14/h3-4,7H,5-6H2,2H3. The van der Waals surface area contributed by atoms with Gasteiger partial charge in [0.1, 0.15) is 5.75 Å². The number of benzene rings is 1. The van der Waals surface area contributed by atoms with Gasteiger partial charge in [-0.1, -0.05) is 0 Å². The summed E-state index contributed by atoms with van der Waals surface area (Å²) >= 11 is 0. The minimum Gasteiger partial charge on any atom is -0.497 e. The van der Waals surface area contributed by atoms with Crippen LogP contribution in [0.4, 0.5) is 5.69 Å². The van der Waals surface area contributed by atoms with E-state index < -0.39 is 4.92 Å². The zero-order valence-corrected chi connectivity index (χ0v) is 8.27. The summed E-state index contributed by atoms with van der Waals surface area (Å²) in [5, 5.41) is 10.7. The van der Waals surface area contributed by atoms with E-state index >= 15 is 0 Å². The van der Waals surface area contributed by atoms with Crippen molar-refractivity contribution in [3.05, 3.63) is 45.3 Å². The molecule has 0 saturated carbocycles. The van der Waals surface area contributed by atoms with Crippen molar-refractivity contribution < 1.29 is 9.66 Å². The van der Waals surface area contributed by atoms with Crippen LogP contribution in [-0.4, -0.2) is 18.6 Å². The van der Waals surface area contributed by atoms with Crippen LogP contribution in [0, 0.1) is 16.7 Å². The Morgan fingerprint density at radius 2 is 2.33 bits per heavy atom. The molecule has 5 heteroatoms. The summed E-state index contributed by atoms with van der Waals surface area (Å²) in [4.78, 5) is 13.4. The molecular formula is C10H10N2O3. The summed E-state index contributed by atoms with van der Waals surface area (Å²) in [5.41, 5.74) is 0.579. The van der Waals surface area contributed by atoms with Crippen molar-refractivity contribution in [2.45, 2.75) is 6.42 Å². The molecule has 0 spiro atoms. The van der Waals surface area contributed by atoms with Gasteiger partial charge in [0.05, 0.1) is 24.5 Å². The second-order valence-electron chi connectivity index (χ2n) is 2.88. The fraction of sp³-hybridized carbons (Fsp3) is 0.300. The molecule has 0 unspecified atom stereocenters. The van der Waals surface area contributed by atoms with Crippen LogP contribution in [0.25, 0.3) is 4.85 Å². The molecular weight excluding hydrogens is 196 g/mol. The molecule has 1 aromatic carbocycles. The molecule has 0 amide bonds. The Morgan fingerprint density at radius 1 is 1.60 bits per heavy atom. The van der Waals surface area contributed by atoms with Gasteiger partial charge >= 0.3 is 0 Å². The number of ether oxygens (including phenoxy) is 1. The van der Waals surface area contributed by atoms with Gasteiger partial charge in [-0.2, -0.15) is 0 Å². The fourth-order valence-electron chi connectivity index (χ4n) is 1.23. The molecule has 0 atom stereocenters. The molecule has 0 heterocycles. The monoisotopic (exact) mass is 206 g/mol. The van der Waals surface area contributed by atoms with Crippen LogP contribution in [0.1, 0.15) is 5.56 Å². The Balaban J connectivity index is 3.05. The Bertz CT molecular complexity index is 410. The van der Waals surface area contributed by atoms with Crippen molar-refractivity contribution >= 4 is 5.69 Å². The molecule has 1 rings (SSSR count). The fourth-order valence-corrected chi connectivity index (χ4v) is 1.23. The molecule has 0 aromatic heterocycles. The average Bonchev–Trinajstić information content (AvgIpc) is 2.26. The van der Waals surface area contributed by atoms with Crippen molar-refractivity contribution in [2.24, 2.45) is 0 Å². The summed E-state index contributed by atoms with van der Waals surface area (Å²) in [6.45, 7) is 6.90. The van der Waals surface area contributed by atoms with Crippen LogP contribution in [0.5, 0.6) is 5.75 Å². The van der Waals surface area contributed by atoms with E-state index in [1.54, 1.807) is 12.1 Å². The van der Waals surface area contributed by atoms with Crippen LogP contribution in [0.3, 0.4) is 0 Å². The maximum Gasteiger partial charge on any atom is 0.276 e. The zero-order valence-electron chi connectivity index (χ0n) is 8.27. The quantitative estimate of drug-likeness (QED) is 0.430. The number of nitrogens with zero attached hydrogens (tertiary/aromatic N) is 2. The van der Waals surface area contributed by atoms with Crippen LogP contribution >= 0.6 is 0 Å². The first-order valence-electron chi connectivity index (χ1n) is 4.33. The van der Waals surface area contributed by atoms with E-state index in [1.165, 1.54) is 13.2 Å². The number of hydrogen-bond acceptors (Lipinski definition) is 3. The minimum absolute atomic E-state index is 0.0120. The highest BCUT2D eigenvalue weighted by Gasteiger charge is 2.15. The van der Waals surface area contributed by atoms with Gasteiger partial charge in [-0.3, -0.25) is 10.1 Å². The van der Waals surface area contributed by atoms with Gasteiger partial charge in [0, 0.05) is 5.56 Å². The van der Waals surface area contributed by atoms with Gasteiger partial charge in [0.15, 0.2) is 0 Å². The summed E-state index contributed by atoms with van der Waals surface area (Å²) in [5.74, 6) is 0.452. The number of methoxy groups -OCH3 is 1. The van der Waals surface area contributed by atoms with Crippen LogP contribution < -0.4 is 4.74 Å². The largest absolute Gasteiger partial charge is 0.497 e. The van der Waals surface area contributed by atoms with Crippen molar-refractivity contribution in [2.75, 3.05) is 13.7 Å². The number of hydrogen-bond donors (Lipinski definition) is 0. The lowest BCUT2D eigenvalue weighted by atomic mass is 10.1. The molecule has 0 aliphatic heterocycles. The summed E-state index contributed by atoms with van der Waals surface area (Å²) in [7, 11) is 1.46. The third-order valence-electron chi connectivity index (χ3n) is 1.98. The lowest BCUT2D eigenvalue weighted by molar-refractivity contribution is -0.385. The van der Waals surface area contributed by atoms with Crippen molar-refractivity contribution in [1.82, 2.24) is 0 Å². The molecule has 0 saturated heterocycles. The van der Waals surface area contributed by atoms with E-state index in [0.717, 1.165) is 0 Å². The highest BCUT2D eigenvalue weighted by atomic mass is 16.6. The number of nitro groups is 1. The normalized spacial score (nSPS) is 9.33. The molecule has 0 radical (unpaired) electrons. The first kappa shape index (κ1) is 11.0. The van der Waals surface area contributed by atoms with E-state index in [4.69, 9.17) is 11.3 Å². The van der Waals surface area contributed by atoms with Gasteiger partial charge < -0.3 is 9.58 Å². The smallest absolute Gasteiger partial charge is 0.276 e. The molecule has 0 bridgehead atoms. The van der Waals surface area contributed by atoms with Gasteiger partial charge in [-0.15, -0.1) is 0 Å². The van der Waals surface area contributed by atoms with Crippen molar-refractivity contribution in [1.29, 1.82) is 0 Å². The predicted molar refractivity (Wildman–Crippen MR) is 54.8 cm³/mol.